The number of hydrogen-bond acceptors (Lipinski definition) is 9. The van der Waals surface area contributed by atoms with Crippen LogP contribution in [-0.4, -0.2) is 82.5 Å². The highest BCUT2D eigenvalue weighted by molar-refractivity contribution is 5.81. The number of aromatic nitrogens is 6. The van der Waals surface area contributed by atoms with Gasteiger partial charge in [-0.1, -0.05) is 0 Å². The first-order valence-corrected chi connectivity index (χ1v) is 13.5. The third-order valence-electron chi connectivity index (χ3n) is 7.64. The minimum Gasteiger partial charge on any atom is -0.385 e. The van der Waals surface area contributed by atoms with Crippen LogP contribution in [0.4, 0.5) is 32.2 Å². The van der Waals surface area contributed by atoms with Gasteiger partial charge in [-0.25, -0.2) is 19.9 Å². The molecule has 3 atom stereocenters. The van der Waals surface area contributed by atoms with E-state index in [1.165, 1.54) is 17.2 Å². The topological polar surface area (TPSA) is 151 Å². The summed E-state index contributed by atoms with van der Waals surface area (Å²) in [6.07, 6.45) is -8.30. The molecule has 1 aliphatic rings. The molecular formula is C26H30F6N8O3. The average Bonchev–Trinajstić information content (AvgIpc) is 3.61. The number of halogens is 6. The van der Waals surface area contributed by atoms with Gasteiger partial charge in [-0.3, -0.25) is 9.47 Å². The second kappa shape index (κ2) is 11.2. The van der Waals surface area contributed by atoms with Gasteiger partial charge >= 0.3 is 12.4 Å². The zero-order valence-corrected chi connectivity index (χ0v) is 23.1. The predicted molar refractivity (Wildman–Crippen MR) is 141 cm³/mol. The molecule has 43 heavy (non-hydrogen) atoms. The molecule has 0 amide bonds. The second-order valence-electron chi connectivity index (χ2n) is 10.9. The molecule has 0 radical (unpaired) electrons. The molecule has 5 rings (SSSR count). The number of nitrogens with two attached hydrogens (primary N) is 1. The Balaban J connectivity index is 1.22. The number of aliphatic hydroxyl groups excluding tert-OH is 1. The van der Waals surface area contributed by atoms with Crippen LogP contribution in [0.25, 0.3) is 22.2 Å². The van der Waals surface area contributed by atoms with E-state index in [4.69, 9.17) is 10.5 Å². The smallest absolute Gasteiger partial charge is 0.385 e. The van der Waals surface area contributed by atoms with E-state index in [2.05, 4.69) is 24.9 Å². The number of imidazole rings is 2. The van der Waals surface area contributed by atoms with Crippen molar-refractivity contribution < 1.29 is 41.3 Å². The lowest BCUT2D eigenvalue weighted by molar-refractivity contribution is -0.142. The summed E-state index contributed by atoms with van der Waals surface area (Å²) in [4.78, 5) is 20.7. The van der Waals surface area contributed by atoms with Crippen LogP contribution in [0.1, 0.15) is 43.6 Å². The van der Waals surface area contributed by atoms with Crippen molar-refractivity contribution in [2.75, 3.05) is 25.4 Å². The van der Waals surface area contributed by atoms with E-state index in [1.54, 1.807) is 0 Å². The van der Waals surface area contributed by atoms with E-state index in [1.807, 2.05) is 18.7 Å². The second-order valence-corrected chi connectivity index (χ2v) is 10.9. The number of nitrogens with zero attached hydrogens (tertiary/aromatic N) is 6. The monoisotopic (exact) mass is 616 g/mol. The maximum absolute atomic E-state index is 13.5. The Bertz CT molecular complexity index is 1600. The Morgan fingerprint density at radius 3 is 2.53 bits per heavy atom. The van der Waals surface area contributed by atoms with Gasteiger partial charge in [-0.2, -0.15) is 26.3 Å². The van der Waals surface area contributed by atoms with Crippen molar-refractivity contribution in [1.82, 2.24) is 34.4 Å². The lowest BCUT2D eigenvalue weighted by Crippen LogP contribution is -2.49. The van der Waals surface area contributed by atoms with Crippen LogP contribution >= 0.6 is 0 Å². The first kappa shape index (κ1) is 30.9. The van der Waals surface area contributed by atoms with Gasteiger partial charge in [0.25, 0.3) is 0 Å². The molecule has 1 aliphatic heterocycles. The number of benzene rings is 1. The summed E-state index contributed by atoms with van der Waals surface area (Å²) in [5.74, 6) is 0.269. The van der Waals surface area contributed by atoms with Crippen LogP contribution in [0.5, 0.6) is 0 Å². The third kappa shape index (κ3) is 5.98. The van der Waals surface area contributed by atoms with Crippen molar-refractivity contribution in [2.45, 2.75) is 69.4 Å². The molecule has 0 saturated carbocycles. The number of H-pyrrole nitrogens is 1. The summed E-state index contributed by atoms with van der Waals surface area (Å²) < 4.78 is 87.1. The van der Waals surface area contributed by atoms with E-state index >= 15 is 0 Å². The molecule has 3 aromatic heterocycles. The summed E-state index contributed by atoms with van der Waals surface area (Å²) in [6.45, 7) is 4.40. The number of alkyl halides is 6. The zero-order valence-electron chi connectivity index (χ0n) is 23.1. The van der Waals surface area contributed by atoms with Crippen LogP contribution in [-0.2, 0) is 29.2 Å². The molecule has 1 aromatic carbocycles. The van der Waals surface area contributed by atoms with Crippen LogP contribution in [0, 0.1) is 0 Å². The van der Waals surface area contributed by atoms with Gasteiger partial charge in [0.2, 0.25) is 0 Å². The molecule has 17 heteroatoms. The summed E-state index contributed by atoms with van der Waals surface area (Å²) in [7, 11) is 0. The Hall–Kier alpha value is -3.54. The van der Waals surface area contributed by atoms with E-state index < -0.39 is 46.9 Å². The van der Waals surface area contributed by atoms with E-state index in [-0.39, 0.29) is 60.0 Å². The fourth-order valence-electron chi connectivity index (χ4n) is 5.27. The lowest BCUT2D eigenvalue weighted by Gasteiger charge is -2.32. The number of fused-ring (bicyclic) bond motifs is 2. The van der Waals surface area contributed by atoms with Crippen LogP contribution < -0.4 is 5.73 Å². The molecule has 11 nitrogen and oxygen atoms in total. The number of rotatable bonds is 9. The zero-order chi connectivity index (χ0) is 31.3. The molecular weight excluding hydrogens is 586 g/mol. The van der Waals surface area contributed by atoms with Gasteiger partial charge in [-0.05, 0) is 45.4 Å². The van der Waals surface area contributed by atoms with Crippen molar-refractivity contribution in [2.24, 2.45) is 0 Å². The molecule has 0 spiro atoms. The number of nitrogens with one attached hydrogen (secondary N) is 1. The number of aryl methyl sites for hydroxylation is 1. The van der Waals surface area contributed by atoms with E-state index in [0.29, 0.717) is 25.5 Å². The lowest BCUT2D eigenvalue weighted by atomic mass is 10.0. The normalized spacial score (nSPS) is 21.7. The van der Waals surface area contributed by atoms with Crippen molar-refractivity contribution in [3.63, 3.8) is 0 Å². The molecule has 4 heterocycles. The molecule has 1 fully saturated rings. The summed E-state index contributed by atoms with van der Waals surface area (Å²) in [5, 5.41) is 22.4. The SMILES string of the molecule is CC(C)N(CCCCc1nc2c(C(F)(F)F)cc(C(F)(F)F)cc2[nH]1)C[C@H]1OC[C@](O)(n2cnc3c(N)ncnc32)[C@@H]1O. The highest BCUT2D eigenvalue weighted by Crippen LogP contribution is 2.39. The number of aliphatic hydroxyl groups is 2. The average molecular weight is 617 g/mol. The van der Waals surface area contributed by atoms with Gasteiger partial charge in [0.15, 0.2) is 17.2 Å². The van der Waals surface area contributed by atoms with Crippen molar-refractivity contribution in [3.8, 4) is 0 Å². The molecule has 234 valence electrons. The Morgan fingerprint density at radius 2 is 1.86 bits per heavy atom. The quantitative estimate of drug-likeness (QED) is 0.164. The highest BCUT2D eigenvalue weighted by atomic mass is 19.4. The molecule has 4 aromatic rings. The molecule has 5 N–H and O–H groups in total. The number of nitrogen functional groups attached to an aromatic ring is 1. The van der Waals surface area contributed by atoms with E-state index in [9.17, 15) is 36.6 Å². The fourth-order valence-corrected chi connectivity index (χ4v) is 5.27. The van der Waals surface area contributed by atoms with Crippen molar-refractivity contribution in [3.05, 3.63) is 41.7 Å². The molecule has 0 unspecified atom stereocenters. The maximum atomic E-state index is 13.5. The first-order chi connectivity index (χ1) is 20.1. The Morgan fingerprint density at radius 1 is 1.12 bits per heavy atom. The Labute approximate surface area is 240 Å². The summed E-state index contributed by atoms with van der Waals surface area (Å²) in [6, 6.07) is 0.712. The van der Waals surface area contributed by atoms with Gasteiger partial charge < -0.3 is 25.7 Å². The highest BCUT2D eigenvalue weighted by Gasteiger charge is 2.51. The van der Waals surface area contributed by atoms with Gasteiger partial charge in [0.05, 0.1) is 29.6 Å². The van der Waals surface area contributed by atoms with Crippen LogP contribution in [0.3, 0.4) is 0 Å². The Kier molecular flexibility index (Phi) is 8.04. The van der Waals surface area contributed by atoms with Gasteiger partial charge in [0.1, 0.15) is 35.4 Å². The van der Waals surface area contributed by atoms with Crippen molar-refractivity contribution in [1.29, 1.82) is 0 Å². The number of unbranched alkanes of at least 4 members (excludes halogenated alkanes) is 1. The molecule has 0 aliphatic carbocycles. The van der Waals surface area contributed by atoms with Crippen molar-refractivity contribution >= 4 is 28.0 Å². The van der Waals surface area contributed by atoms with Crippen LogP contribution in [0.15, 0.2) is 24.8 Å². The van der Waals surface area contributed by atoms with Gasteiger partial charge in [-0.15, -0.1) is 0 Å². The molecule has 0 bridgehead atoms. The minimum absolute atomic E-state index is 0.00689. The van der Waals surface area contributed by atoms with Crippen LogP contribution in [0.2, 0.25) is 0 Å². The number of anilines is 1. The number of hydrogen-bond donors (Lipinski definition) is 4. The van der Waals surface area contributed by atoms with Gasteiger partial charge in [0, 0.05) is 19.0 Å². The summed E-state index contributed by atoms with van der Waals surface area (Å²) in [5.41, 5.74) is 0.748. The minimum atomic E-state index is -5.01. The standard InChI is InChI=1S/C26H30F6N8O3/c1-13(2)39(9-17-21(41)24(42,10-43-17)40-12-36-20-22(33)34-11-35-23(20)40)6-4-3-5-18-37-16-8-14(25(27,28)29)7-15(19(16)38-18)26(30,31)32/h7-8,11-13,17,21,41-42H,3-6,9-10H2,1-2H3,(H,37,38)(H2,33,34,35)/t17-,21-,24-/m1/s1. The largest absolute Gasteiger partial charge is 0.418 e. The predicted octanol–water partition coefficient (Wildman–Crippen LogP) is 3.46. The third-order valence-corrected chi connectivity index (χ3v) is 7.64. The fraction of sp³-hybridized carbons (Fsp3) is 0.538. The molecule has 1 saturated heterocycles. The summed E-state index contributed by atoms with van der Waals surface area (Å²) >= 11 is 0. The number of aromatic amines is 1. The first-order valence-electron chi connectivity index (χ1n) is 13.5. The van der Waals surface area contributed by atoms with E-state index in [0.717, 1.165) is 0 Å². The number of ether oxygens (including phenoxy) is 1. The maximum Gasteiger partial charge on any atom is 0.418 e.